The van der Waals surface area contributed by atoms with Gasteiger partial charge in [0.1, 0.15) is 30.5 Å². The fourth-order valence-electron chi connectivity index (χ4n) is 8.36. The molecule has 0 aliphatic carbocycles. The highest BCUT2D eigenvalue weighted by molar-refractivity contribution is 7.80. The molecular weight excluding hydrogens is 909 g/mol. The number of esters is 1. The van der Waals surface area contributed by atoms with E-state index >= 15 is 0 Å². The normalized spacial score (nSPS) is 19.5. The zero-order valence-electron chi connectivity index (χ0n) is 44.1. The molecule has 0 amide bonds. The standard InChI is InChI=1S/C57H102O12S/c1-3-5-7-9-11-13-15-17-19-21-23-25-27-29-31-33-35-37-39-41-43-45-47-65-49-51(50-66-57-55(61)56(69-70(62,63)64)54(60)52(48-58)68-57)67-53(59)46-44-42-40-38-36-34-32-30-28-26-24-22-20-18-16-14-12-10-8-6-4-2/h15-18,21-24,27,29,51-52,54-58,60-61H,3-14,19-20,25-26,28,30-50H2,1-2H3,(H,62,63,64)/b17-15-,18-16-,23-21-,24-22-,29-27-. The van der Waals surface area contributed by atoms with Crippen LogP contribution in [0.2, 0.25) is 0 Å². The Kier molecular flexibility index (Phi) is 44.9. The van der Waals surface area contributed by atoms with Gasteiger partial charge in [0.2, 0.25) is 0 Å². The molecule has 1 saturated heterocycles. The summed E-state index contributed by atoms with van der Waals surface area (Å²) in [6.07, 6.45) is 52.5. The number of allylic oxidation sites excluding steroid dienone is 10. The topological polar surface area (TPSA) is 178 Å². The molecule has 13 heteroatoms. The first-order valence-electron chi connectivity index (χ1n) is 28.0. The zero-order valence-corrected chi connectivity index (χ0v) is 44.9. The molecule has 1 heterocycles. The smallest absolute Gasteiger partial charge is 0.397 e. The summed E-state index contributed by atoms with van der Waals surface area (Å²) in [5.74, 6) is -0.407. The molecule has 0 bridgehead atoms. The number of aliphatic hydroxyl groups excluding tert-OH is 3. The maximum atomic E-state index is 12.9. The van der Waals surface area contributed by atoms with Gasteiger partial charge in [-0.3, -0.25) is 9.35 Å². The molecule has 1 rings (SSSR count). The van der Waals surface area contributed by atoms with Gasteiger partial charge in [-0.05, 0) is 83.5 Å². The molecule has 1 fully saturated rings. The molecule has 0 radical (unpaired) electrons. The van der Waals surface area contributed by atoms with Crippen molar-refractivity contribution in [3.8, 4) is 0 Å². The summed E-state index contributed by atoms with van der Waals surface area (Å²) in [6.45, 7) is 3.96. The van der Waals surface area contributed by atoms with Gasteiger partial charge in [-0.2, -0.15) is 8.42 Å². The van der Waals surface area contributed by atoms with Gasteiger partial charge in [0.15, 0.2) is 6.29 Å². The maximum absolute atomic E-state index is 12.9. The molecule has 0 saturated carbocycles. The lowest BCUT2D eigenvalue weighted by Gasteiger charge is -2.41. The lowest BCUT2D eigenvalue weighted by atomic mass is 9.99. The van der Waals surface area contributed by atoms with E-state index in [-0.39, 0.29) is 19.6 Å². The molecule has 1 aliphatic rings. The summed E-state index contributed by atoms with van der Waals surface area (Å²) >= 11 is 0. The van der Waals surface area contributed by atoms with Crippen molar-refractivity contribution in [3.05, 3.63) is 60.8 Å². The van der Waals surface area contributed by atoms with Crippen LogP contribution in [0.15, 0.2) is 60.8 Å². The Morgan fingerprint density at radius 3 is 1.37 bits per heavy atom. The number of ether oxygens (including phenoxy) is 4. The highest BCUT2D eigenvalue weighted by atomic mass is 32.3. The van der Waals surface area contributed by atoms with Crippen molar-refractivity contribution < 1.29 is 56.2 Å². The molecule has 408 valence electrons. The molecule has 6 unspecified atom stereocenters. The molecule has 1 aliphatic heterocycles. The summed E-state index contributed by atoms with van der Waals surface area (Å²) in [7, 11) is -5.07. The summed E-state index contributed by atoms with van der Waals surface area (Å²) in [5.41, 5.74) is 0. The Morgan fingerprint density at radius 1 is 0.543 bits per heavy atom. The highest BCUT2D eigenvalue weighted by Gasteiger charge is 2.48. The number of unbranched alkanes of at least 4 members (excludes halogenated alkanes) is 26. The van der Waals surface area contributed by atoms with Gasteiger partial charge in [-0.1, -0.05) is 203 Å². The van der Waals surface area contributed by atoms with Crippen molar-refractivity contribution in [3.63, 3.8) is 0 Å². The van der Waals surface area contributed by atoms with Crippen molar-refractivity contribution >= 4 is 16.4 Å². The minimum Gasteiger partial charge on any atom is -0.457 e. The fourth-order valence-corrected chi connectivity index (χ4v) is 8.87. The predicted molar refractivity (Wildman–Crippen MR) is 285 cm³/mol. The van der Waals surface area contributed by atoms with Crippen LogP contribution >= 0.6 is 0 Å². The second-order valence-corrected chi connectivity index (χ2v) is 20.2. The van der Waals surface area contributed by atoms with Crippen LogP contribution in [-0.2, 0) is 38.3 Å². The summed E-state index contributed by atoms with van der Waals surface area (Å²) in [6, 6.07) is 0. The van der Waals surface area contributed by atoms with E-state index in [9.17, 15) is 33.1 Å². The van der Waals surface area contributed by atoms with Gasteiger partial charge in [-0.25, -0.2) is 4.18 Å². The van der Waals surface area contributed by atoms with Crippen LogP contribution in [0.1, 0.15) is 232 Å². The van der Waals surface area contributed by atoms with Gasteiger partial charge in [-0.15, -0.1) is 0 Å². The lowest BCUT2D eigenvalue weighted by Crippen LogP contribution is -2.60. The van der Waals surface area contributed by atoms with Crippen LogP contribution in [0, 0.1) is 0 Å². The molecule has 12 nitrogen and oxygen atoms in total. The van der Waals surface area contributed by atoms with Crippen LogP contribution in [-0.4, -0.2) is 97.5 Å². The fraction of sp³-hybridized carbons (Fsp3) is 0.807. The van der Waals surface area contributed by atoms with E-state index in [2.05, 4.69) is 78.8 Å². The third-order valence-corrected chi connectivity index (χ3v) is 13.1. The number of hydrogen-bond donors (Lipinski definition) is 4. The van der Waals surface area contributed by atoms with E-state index in [4.69, 9.17) is 18.9 Å². The van der Waals surface area contributed by atoms with Crippen LogP contribution < -0.4 is 0 Å². The average molecular weight is 1010 g/mol. The van der Waals surface area contributed by atoms with Gasteiger partial charge in [0.05, 0.1) is 19.8 Å². The van der Waals surface area contributed by atoms with E-state index < -0.39 is 59.8 Å². The van der Waals surface area contributed by atoms with Crippen molar-refractivity contribution in [1.29, 1.82) is 0 Å². The van der Waals surface area contributed by atoms with Crippen LogP contribution in [0.4, 0.5) is 0 Å². The Labute approximate surface area is 427 Å². The maximum Gasteiger partial charge on any atom is 0.397 e. The van der Waals surface area contributed by atoms with E-state index in [0.29, 0.717) is 13.0 Å². The summed E-state index contributed by atoms with van der Waals surface area (Å²) in [5, 5.41) is 30.8. The molecule has 0 aromatic rings. The quantitative estimate of drug-likeness (QED) is 0.0196. The minimum absolute atomic E-state index is 0.0259. The second-order valence-electron chi connectivity index (χ2n) is 19.2. The number of aliphatic hydroxyl groups is 3. The molecule has 0 aromatic carbocycles. The number of carbonyl (C=O) groups is 1. The number of rotatable bonds is 49. The number of hydrogen-bond acceptors (Lipinski definition) is 11. The number of carbonyl (C=O) groups excluding carboxylic acids is 1. The predicted octanol–water partition coefficient (Wildman–Crippen LogP) is 13.6. The molecule has 6 atom stereocenters. The van der Waals surface area contributed by atoms with Crippen LogP contribution in [0.25, 0.3) is 0 Å². The molecule has 70 heavy (non-hydrogen) atoms. The van der Waals surface area contributed by atoms with Gasteiger partial charge in [0, 0.05) is 13.0 Å². The van der Waals surface area contributed by atoms with E-state index in [1.165, 1.54) is 128 Å². The van der Waals surface area contributed by atoms with Gasteiger partial charge >= 0.3 is 16.4 Å². The van der Waals surface area contributed by atoms with E-state index in [1.54, 1.807) is 0 Å². The third kappa shape index (κ3) is 40.3. The third-order valence-electron chi connectivity index (χ3n) is 12.6. The molecule has 0 aromatic heterocycles. The van der Waals surface area contributed by atoms with Crippen molar-refractivity contribution in [2.45, 2.75) is 269 Å². The Bertz CT molecular complexity index is 1450. The minimum atomic E-state index is -5.07. The Hall–Kier alpha value is -2.20. The zero-order chi connectivity index (χ0) is 51.0. The van der Waals surface area contributed by atoms with Crippen LogP contribution in [0.3, 0.4) is 0 Å². The second kappa shape index (κ2) is 47.8. The first kappa shape index (κ1) is 65.8. The van der Waals surface area contributed by atoms with E-state index in [0.717, 1.165) is 77.0 Å². The van der Waals surface area contributed by atoms with Crippen molar-refractivity contribution in [2.24, 2.45) is 0 Å². The molecular formula is C57H102O12S. The summed E-state index contributed by atoms with van der Waals surface area (Å²) < 4.78 is 59.4. The van der Waals surface area contributed by atoms with Gasteiger partial charge < -0.3 is 34.3 Å². The molecule has 4 N–H and O–H groups in total. The SMILES string of the molecule is CCCCCCC/C=C\C/C=C\C/C=C\CCCCCCCCCOCC(COC1OC(CO)C(O)C(OS(=O)(=O)O)C1O)OC(=O)CCCCCCCCCCC/C=C\C/C=C\CCCCCCC. The van der Waals surface area contributed by atoms with E-state index in [1.807, 2.05) is 0 Å². The first-order valence-corrected chi connectivity index (χ1v) is 29.4. The Morgan fingerprint density at radius 2 is 0.943 bits per heavy atom. The summed E-state index contributed by atoms with van der Waals surface area (Å²) in [4.78, 5) is 12.9. The van der Waals surface area contributed by atoms with Crippen LogP contribution in [0.5, 0.6) is 0 Å². The molecule has 0 spiro atoms. The Balaban J connectivity index is 2.34. The highest BCUT2D eigenvalue weighted by Crippen LogP contribution is 2.26. The average Bonchev–Trinajstić information content (AvgIpc) is 3.34. The van der Waals surface area contributed by atoms with Crippen molar-refractivity contribution in [2.75, 3.05) is 26.4 Å². The van der Waals surface area contributed by atoms with Gasteiger partial charge in [0.25, 0.3) is 0 Å². The van der Waals surface area contributed by atoms with Crippen molar-refractivity contribution in [1.82, 2.24) is 0 Å². The largest absolute Gasteiger partial charge is 0.457 e. The lowest BCUT2D eigenvalue weighted by molar-refractivity contribution is -0.301. The first-order chi connectivity index (χ1) is 34.1. The monoisotopic (exact) mass is 1010 g/mol.